The quantitative estimate of drug-likeness (QED) is 0.101. The molecule has 0 radical (unpaired) electrons. The minimum absolute atomic E-state index is 0.00400. The third kappa shape index (κ3) is 13.3. The van der Waals surface area contributed by atoms with E-state index in [9.17, 15) is 19.2 Å². The summed E-state index contributed by atoms with van der Waals surface area (Å²) in [7, 11) is 1.56. The number of amides is 2. The average molecular weight is 788 g/mol. The van der Waals surface area contributed by atoms with Crippen LogP contribution < -0.4 is 21.3 Å². The minimum atomic E-state index is -0.557. The van der Waals surface area contributed by atoms with Gasteiger partial charge in [0, 0.05) is 26.6 Å². The van der Waals surface area contributed by atoms with Gasteiger partial charge in [-0.1, -0.05) is 37.3 Å². The number of alkyl carbamates (subject to hydrolysis) is 1. The Bertz CT molecular complexity index is 1410. The molecule has 1 aromatic rings. The van der Waals surface area contributed by atoms with E-state index < -0.39 is 24.2 Å². The Morgan fingerprint density at radius 3 is 2.27 bits per heavy atom. The normalized spacial score (nSPS) is 24.8. The highest BCUT2D eigenvalue weighted by atomic mass is 16.6. The molecule has 0 aliphatic heterocycles. The number of nitrogens with one attached hydrogen (secondary N) is 4. The minimum Gasteiger partial charge on any atom is -0.449 e. The molecule has 56 heavy (non-hydrogen) atoms. The standard InChI is InChI=1S/C41H69N7O8/c1-27(44-25-39(50)28(2)45-29(3)40(51)42-18-21-53-4)38(49)17-20-54-23-24-55-22-19-43-41(52)56-26-34-32-13-15-35-37(16-14-33(32)34)48(47-46-35)36-10-6-9-31(36)12-11-30-7-5-8-30/h27-34,36,44-45H,5-26H2,1-4H3,(H,42,51)(H,43,52)/t27?,28?,29-,31?,32+,33-,34+,36?/m0/s1. The van der Waals surface area contributed by atoms with Crippen molar-refractivity contribution in [1.29, 1.82) is 0 Å². The topological polar surface area (TPSA) is 184 Å². The number of aryl methyl sites for hydroxylation is 1. The van der Waals surface area contributed by atoms with Gasteiger partial charge in [-0.15, -0.1) is 5.10 Å². The second-order valence-corrected chi connectivity index (χ2v) is 16.6. The van der Waals surface area contributed by atoms with Crippen LogP contribution in [0.15, 0.2) is 0 Å². The maximum Gasteiger partial charge on any atom is 0.407 e. The van der Waals surface area contributed by atoms with Crippen molar-refractivity contribution in [1.82, 2.24) is 36.3 Å². The van der Waals surface area contributed by atoms with Crippen LogP contribution in [0.3, 0.4) is 0 Å². The van der Waals surface area contributed by atoms with Crippen molar-refractivity contribution < 1.29 is 38.1 Å². The zero-order chi connectivity index (χ0) is 39.9. The number of carbonyl (C=O) groups excluding carboxylic acids is 4. The van der Waals surface area contributed by atoms with E-state index in [2.05, 4.69) is 31.0 Å². The van der Waals surface area contributed by atoms with E-state index in [0.717, 1.165) is 37.5 Å². The zero-order valence-corrected chi connectivity index (χ0v) is 34.4. The van der Waals surface area contributed by atoms with Gasteiger partial charge in [-0.3, -0.25) is 19.7 Å². The van der Waals surface area contributed by atoms with E-state index in [4.69, 9.17) is 24.2 Å². The Hall–Kier alpha value is -2.98. The number of carbonyl (C=O) groups is 4. The lowest BCUT2D eigenvalue weighted by atomic mass is 9.80. The SMILES string of the molecule is COCCNC(=O)[C@H](C)NC(C)C(=O)CNC(C)C(=O)CCOCCOCCNC(=O)OC[C@@H]1[C@@H]2CCc3nnn(C4CCCC4CCC4CCC4)c3CC[C@@H]21. The molecule has 15 heteroatoms. The summed E-state index contributed by atoms with van der Waals surface area (Å²) >= 11 is 0. The van der Waals surface area contributed by atoms with Crippen LogP contribution in [0.2, 0.25) is 0 Å². The molecule has 0 aromatic carbocycles. The number of hydrogen-bond acceptors (Lipinski definition) is 12. The van der Waals surface area contributed by atoms with Crippen molar-refractivity contribution in [2.75, 3.05) is 66.4 Å². The van der Waals surface area contributed by atoms with Crippen LogP contribution in [-0.2, 0) is 46.2 Å². The number of aromatic nitrogens is 3. The number of fused-ring (bicyclic) bond motifs is 2. The lowest BCUT2D eigenvalue weighted by molar-refractivity contribution is -0.124. The first-order chi connectivity index (χ1) is 27.2. The number of nitrogens with zero attached hydrogens (tertiary/aromatic N) is 3. The van der Waals surface area contributed by atoms with Crippen LogP contribution in [0.5, 0.6) is 0 Å². The van der Waals surface area contributed by atoms with E-state index in [0.29, 0.717) is 69.9 Å². The van der Waals surface area contributed by atoms with Gasteiger partial charge in [0.05, 0.1) is 81.7 Å². The molecule has 4 unspecified atom stereocenters. The first kappa shape index (κ1) is 44.1. The monoisotopic (exact) mass is 788 g/mol. The Morgan fingerprint density at radius 2 is 1.52 bits per heavy atom. The van der Waals surface area contributed by atoms with Crippen molar-refractivity contribution >= 4 is 23.6 Å². The van der Waals surface area contributed by atoms with Crippen LogP contribution in [0.1, 0.15) is 109 Å². The highest BCUT2D eigenvalue weighted by Gasteiger charge is 2.50. The number of ketones is 2. The molecule has 3 saturated carbocycles. The summed E-state index contributed by atoms with van der Waals surface area (Å²) in [6.45, 7) is 7.93. The Balaban J connectivity index is 0.852. The number of methoxy groups -OCH3 is 1. The van der Waals surface area contributed by atoms with Crippen LogP contribution in [-0.4, -0.2) is 123 Å². The maximum atomic E-state index is 12.5. The molecule has 316 valence electrons. The molecule has 0 bridgehead atoms. The van der Waals surface area contributed by atoms with Gasteiger partial charge in [-0.2, -0.15) is 0 Å². The van der Waals surface area contributed by atoms with Gasteiger partial charge in [0.1, 0.15) is 0 Å². The zero-order valence-electron chi connectivity index (χ0n) is 34.4. The van der Waals surface area contributed by atoms with Crippen LogP contribution in [0.25, 0.3) is 0 Å². The lowest BCUT2D eigenvalue weighted by Crippen LogP contribution is -2.51. The molecular formula is C41H69N7O8. The van der Waals surface area contributed by atoms with Crippen molar-refractivity contribution in [3.63, 3.8) is 0 Å². The van der Waals surface area contributed by atoms with E-state index in [1.54, 1.807) is 27.9 Å². The molecule has 15 nitrogen and oxygen atoms in total. The largest absolute Gasteiger partial charge is 0.449 e. The van der Waals surface area contributed by atoms with Gasteiger partial charge in [0.25, 0.3) is 0 Å². The van der Waals surface area contributed by atoms with Crippen molar-refractivity contribution in [2.24, 2.45) is 29.6 Å². The lowest BCUT2D eigenvalue weighted by Gasteiger charge is -2.28. The van der Waals surface area contributed by atoms with Crippen LogP contribution >= 0.6 is 0 Å². The number of hydrogen-bond donors (Lipinski definition) is 4. The molecule has 8 atom stereocenters. The first-order valence-electron chi connectivity index (χ1n) is 21.5. The van der Waals surface area contributed by atoms with Gasteiger partial charge < -0.3 is 34.9 Å². The predicted octanol–water partition coefficient (Wildman–Crippen LogP) is 3.34. The van der Waals surface area contributed by atoms with Gasteiger partial charge in [0.2, 0.25) is 5.91 Å². The summed E-state index contributed by atoms with van der Waals surface area (Å²) < 4.78 is 24.0. The molecule has 1 heterocycles. The van der Waals surface area contributed by atoms with Crippen LogP contribution in [0, 0.1) is 29.6 Å². The molecule has 4 aliphatic rings. The number of ether oxygens (including phenoxy) is 4. The summed E-state index contributed by atoms with van der Waals surface area (Å²) in [6, 6.07) is -1.10. The second-order valence-electron chi connectivity index (χ2n) is 16.6. The molecule has 5 rings (SSSR count). The first-order valence-corrected chi connectivity index (χ1v) is 21.5. The molecule has 4 aliphatic carbocycles. The molecule has 2 amide bonds. The smallest absolute Gasteiger partial charge is 0.407 e. The van der Waals surface area contributed by atoms with Crippen molar-refractivity contribution in [3.8, 4) is 0 Å². The van der Waals surface area contributed by atoms with Gasteiger partial charge in [-0.25, -0.2) is 9.48 Å². The predicted molar refractivity (Wildman–Crippen MR) is 210 cm³/mol. The highest BCUT2D eigenvalue weighted by Crippen LogP contribution is 2.53. The fourth-order valence-corrected chi connectivity index (χ4v) is 8.86. The Kier molecular flexibility index (Phi) is 18.0. The van der Waals surface area contributed by atoms with E-state index in [-0.39, 0.29) is 37.0 Å². The molecule has 4 N–H and O–H groups in total. The number of Topliss-reactive ketones (excluding diaryl/α,β-unsaturated/α-hetero) is 2. The third-order valence-corrected chi connectivity index (χ3v) is 12.7. The molecule has 0 spiro atoms. The van der Waals surface area contributed by atoms with Gasteiger partial charge >= 0.3 is 6.09 Å². The van der Waals surface area contributed by atoms with Crippen molar-refractivity contribution in [3.05, 3.63) is 11.4 Å². The Morgan fingerprint density at radius 1 is 0.786 bits per heavy atom. The van der Waals surface area contributed by atoms with Gasteiger partial charge in [-0.05, 0) is 95.3 Å². The molecular weight excluding hydrogens is 718 g/mol. The summed E-state index contributed by atoms with van der Waals surface area (Å²) in [5.41, 5.74) is 2.56. The summed E-state index contributed by atoms with van der Waals surface area (Å²) in [4.78, 5) is 49.5. The van der Waals surface area contributed by atoms with Gasteiger partial charge in [0.15, 0.2) is 11.6 Å². The summed E-state index contributed by atoms with van der Waals surface area (Å²) in [5, 5.41) is 20.9. The average Bonchev–Trinajstić information content (AvgIpc) is 3.41. The summed E-state index contributed by atoms with van der Waals surface area (Å²) in [6.07, 6.45) is 14.8. The molecule has 3 fully saturated rings. The molecule has 1 aromatic heterocycles. The number of rotatable bonds is 26. The van der Waals surface area contributed by atoms with E-state index in [1.807, 2.05) is 0 Å². The maximum absolute atomic E-state index is 12.5. The van der Waals surface area contributed by atoms with Crippen molar-refractivity contribution in [2.45, 2.75) is 128 Å². The molecule has 0 saturated heterocycles. The third-order valence-electron chi connectivity index (χ3n) is 12.7. The fourth-order valence-electron chi connectivity index (χ4n) is 8.86. The summed E-state index contributed by atoms with van der Waals surface area (Å²) in [5.74, 6) is 2.88. The van der Waals surface area contributed by atoms with E-state index in [1.165, 1.54) is 62.8 Å². The second kappa shape index (κ2) is 22.8. The Labute approximate surface area is 333 Å². The van der Waals surface area contributed by atoms with Crippen LogP contribution in [0.4, 0.5) is 4.79 Å². The van der Waals surface area contributed by atoms with E-state index >= 15 is 0 Å². The fraction of sp³-hybridized carbons (Fsp3) is 0.854. The highest BCUT2D eigenvalue weighted by molar-refractivity contribution is 5.89.